The molecule has 0 bridgehead atoms. The van der Waals surface area contributed by atoms with Crippen molar-refractivity contribution in [1.82, 2.24) is 9.78 Å². The Morgan fingerprint density at radius 2 is 2.10 bits per heavy atom. The summed E-state index contributed by atoms with van der Waals surface area (Å²) in [4.78, 5) is 13.2. The van der Waals surface area contributed by atoms with Gasteiger partial charge in [-0.3, -0.25) is 4.79 Å². The number of alkyl halides is 3. The number of fused-ring (bicyclic) bond motifs is 1. The van der Waals surface area contributed by atoms with Gasteiger partial charge in [0.2, 0.25) is 0 Å². The molecule has 152 valence electrons. The average molecular weight is 445 g/mol. The zero-order valence-corrected chi connectivity index (χ0v) is 16.1. The van der Waals surface area contributed by atoms with Gasteiger partial charge >= 0.3 is 6.18 Å². The molecule has 5 nitrogen and oxygen atoms in total. The van der Waals surface area contributed by atoms with Crippen LogP contribution in [0, 0.1) is 5.82 Å². The van der Waals surface area contributed by atoms with E-state index in [1.54, 1.807) is 17.5 Å². The van der Waals surface area contributed by atoms with Crippen LogP contribution in [0.15, 0.2) is 41.8 Å². The number of carbonyl (C=O) groups excluding carboxylic acids is 1. The highest BCUT2D eigenvalue weighted by Gasteiger charge is 2.47. The van der Waals surface area contributed by atoms with Crippen molar-refractivity contribution >= 4 is 40.4 Å². The highest BCUT2D eigenvalue weighted by molar-refractivity contribution is 7.10. The molecule has 0 aliphatic carbocycles. The van der Waals surface area contributed by atoms with Crippen molar-refractivity contribution in [2.24, 2.45) is 0 Å². The van der Waals surface area contributed by atoms with Crippen molar-refractivity contribution in [3.8, 4) is 0 Å². The van der Waals surface area contributed by atoms with Crippen molar-refractivity contribution in [3.05, 3.63) is 63.2 Å². The summed E-state index contributed by atoms with van der Waals surface area (Å²) in [5.74, 6) is -1.29. The average Bonchev–Trinajstić information content (AvgIpc) is 3.32. The minimum atomic E-state index is -4.53. The molecule has 0 spiro atoms. The van der Waals surface area contributed by atoms with Crippen LogP contribution in [0.2, 0.25) is 5.02 Å². The largest absolute Gasteiger partial charge is 0.410 e. The van der Waals surface area contributed by atoms with Crippen LogP contribution in [0.4, 0.5) is 29.1 Å². The lowest BCUT2D eigenvalue weighted by molar-refractivity contribution is -0.173. The zero-order valence-electron chi connectivity index (χ0n) is 14.5. The Bertz CT molecular complexity index is 1050. The molecule has 2 N–H and O–H groups in total. The molecule has 11 heteroatoms. The molecule has 0 saturated heterocycles. The number of amides is 1. The Labute approximate surface area is 171 Å². The number of anilines is 2. The number of hydrogen-bond donors (Lipinski definition) is 2. The Kier molecular flexibility index (Phi) is 4.99. The van der Waals surface area contributed by atoms with E-state index in [0.29, 0.717) is 0 Å². The summed E-state index contributed by atoms with van der Waals surface area (Å²) >= 11 is 7.03. The molecule has 3 heterocycles. The van der Waals surface area contributed by atoms with Gasteiger partial charge in [-0.15, -0.1) is 11.3 Å². The molecule has 2 atom stereocenters. The molecule has 1 aliphatic heterocycles. The highest BCUT2D eigenvalue weighted by atomic mass is 35.5. The van der Waals surface area contributed by atoms with Crippen molar-refractivity contribution in [1.29, 1.82) is 0 Å². The van der Waals surface area contributed by atoms with Gasteiger partial charge in [0.15, 0.2) is 11.7 Å². The first kappa shape index (κ1) is 19.7. The van der Waals surface area contributed by atoms with Gasteiger partial charge in [0.25, 0.3) is 5.91 Å². The summed E-state index contributed by atoms with van der Waals surface area (Å²) in [5, 5.41) is 10.9. The fourth-order valence-electron chi connectivity index (χ4n) is 3.13. The monoisotopic (exact) mass is 444 g/mol. The maximum atomic E-state index is 13.6. The van der Waals surface area contributed by atoms with Gasteiger partial charge in [0.05, 0.1) is 11.1 Å². The fourth-order valence-corrected chi connectivity index (χ4v) is 4.10. The second-order valence-electron chi connectivity index (χ2n) is 6.45. The van der Waals surface area contributed by atoms with Crippen LogP contribution in [0.3, 0.4) is 0 Å². The van der Waals surface area contributed by atoms with Crippen LogP contribution in [0.25, 0.3) is 0 Å². The number of carbonyl (C=O) groups is 1. The first-order valence-electron chi connectivity index (χ1n) is 8.45. The molecule has 29 heavy (non-hydrogen) atoms. The van der Waals surface area contributed by atoms with Crippen LogP contribution in [-0.4, -0.2) is 21.9 Å². The lowest BCUT2D eigenvalue weighted by Gasteiger charge is -2.32. The molecule has 3 aromatic rings. The molecule has 1 amide bonds. The fraction of sp³-hybridized carbons (Fsp3) is 0.222. The summed E-state index contributed by atoms with van der Waals surface area (Å²) < 4.78 is 55.0. The van der Waals surface area contributed by atoms with Crippen molar-refractivity contribution < 1.29 is 22.4 Å². The Morgan fingerprint density at radius 3 is 2.76 bits per heavy atom. The Balaban J connectivity index is 1.63. The second kappa shape index (κ2) is 7.34. The molecule has 1 aliphatic rings. The van der Waals surface area contributed by atoms with E-state index in [2.05, 4.69) is 15.7 Å². The maximum absolute atomic E-state index is 13.6. The molecule has 0 fully saturated rings. The van der Waals surface area contributed by atoms with Crippen molar-refractivity contribution in [2.45, 2.75) is 24.7 Å². The topological polar surface area (TPSA) is 59.0 Å². The van der Waals surface area contributed by atoms with Crippen LogP contribution in [0.1, 0.15) is 33.9 Å². The number of rotatable bonds is 3. The molecule has 0 unspecified atom stereocenters. The third-order valence-electron chi connectivity index (χ3n) is 4.49. The van der Waals surface area contributed by atoms with E-state index >= 15 is 0 Å². The summed E-state index contributed by atoms with van der Waals surface area (Å²) in [5.41, 5.74) is -0.00167. The smallest absolute Gasteiger partial charge is 0.363 e. The standard InChI is InChI=1S/C18H13ClF4N4OS/c19-10-6-9(3-4-11(10)20)24-17(28)13-8-16-25-12(14-2-1-5-29-14)7-15(18(21,22)23)27(16)26-13/h1-6,8,12,15,25H,7H2,(H,24,28)/t12-,15+/m0/s1. The zero-order chi connectivity index (χ0) is 20.8. The summed E-state index contributed by atoms with van der Waals surface area (Å²) in [6, 6.07) is 5.94. The van der Waals surface area contributed by atoms with Gasteiger partial charge < -0.3 is 10.6 Å². The van der Waals surface area contributed by atoms with E-state index in [9.17, 15) is 22.4 Å². The number of nitrogens with zero attached hydrogens (tertiary/aromatic N) is 2. The number of halogens is 5. The third kappa shape index (κ3) is 3.95. The van der Waals surface area contributed by atoms with E-state index in [1.807, 2.05) is 0 Å². The Morgan fingerprint density at radius 1 is 1.31 bits per heavy atom. The predicted octanol–water partition coefficient (Wildman–Crippen LogP) is 5.65. The number of nitrogens with one attached hydrogen (secondary N) is 2. The summed E-state index contributed by atoms with van der Waals surface area (Å²) in [7, 11) is 0. The lowest BCUT2D eigenvalue weighted by Crippen LogP contribution is -2.35. The number of aromatic nitrogens is 2. The molecular weight excluding hydrogens is 432 g/mol. The molecule has 0 saturated carbocycles. The van der Waals surface area contributed by atoms with E-state index in [-0.39, 0.29) is 28.6 Å². The van der Waals surface area contributed by atoms with Crippen LogP contribution < -0.4 is 10.6 Å². The highest BCUT2D eigenvalue weighted by Crippen LogP contribution is 2.44. The third-order valence-corrected chi connectivity index (χ3v) is 5.76. The molecule has 1 aromatic carbocycles. The van der Waals surface area contributed by atoms with Crippen LogP contribution in [-0.2, 0) is 0 Å². The van der Waals surface area contributed by atoms with Gasteiger partial charge in [-0.05, 0) is 29.6 Å². The van der Waals surface area contributed by atoms with Crippen LogP contribution in [0.5, 0.6) is 0 Å². The molecule has 0 radical (unpaired) electrons. The first-order chi connectivity index (χ1) is 13.7. The van der Waals surface area contributed by atoms with Gasteiger partial charge in [0, 0.05) is 23.1 Å². The lowest BCUT2D eigenvalue weighted by atomic mass is 10.0. The minimum absolute atomic E-state index is 0.0965. The van der Waals surface area contributed by atoms with E-state index in [0.717, 1.165) is 15.6 Å². The minimum Gasteiger partial charge on any atom is -0.363 e. The van der Waals surface area contributed by atoms with Gasteiger partial charge in [-0.2, -0.15) is 18.3 Å². The number of hydrogen-bond acceptors (Lipinski definition) is 4. The predicted molar refractivity (Wildman–Crippen MR) is 102 cm³/mol. The van der Waals surface area contributed by atoms with Crippen molar-refractivity contribution in [3.63, 3.8) is 0 Å². The Hall–Kier alpha value is -2.59. The summed E-state index contributed by atoms with van der Waals surface area (Å²) in [6.07, 6.45) is -4.77. The van der Waals surface area contributed by atoms with E-state index in [1.165, 1.54) is 29.5 Å². The van der Waals surface area contributed by atoms with Crippen molar-refractivity contribution in [2.75, 3.05) is 10.6 Å². The van der Waals surface area contributed by atoms with Crippen LogP contribution >= 0.6 is 22.9 Å². The normalized spacial score (nSPS) is 18.8. The number of benzene rings is 1. The molecule has 4 rings (SSSR count). The first-order valence-corrected chi connectivity index (χ1v) is 9.71. The van der Waals surface area contributed by atoms with Gasteiger partial charge in [0.1, 0.15) is 11.6 Å². The maximum Gasteiger partial charge on any atom is 0.410 e. The molecular formula is C18H13ClF4N4OS. The van der Waals surface area contributed by atoms with E-state index in [4.69, 9.17) is 11.6 Å². The number of thiophene rings is 1. The summed E-state index contributed by atoms with van der Waals surface area (Å²) in [6.45, 7) is 0. The SMILES string of the molecule is O=C(Nc1ccc(F)c(Cl)c1)c1cc2n(n1)[C@@H](C(F)(F)F)C[C@@H](c1cccs1)N2. The second-order valence-corrected chi connectivity index (χ2v) is 7.83. The van der Waals surface area contributed by atoms with Gasteiger partial charge in [-0.25, -0.2) is 9.07 Å². The quantitative estimate of drug-likeness (QED) is 0.513. The molecule has 2 aromatic heterocycles. The van der Waals surface area contributed by atoms with E-state index < -0.39 is 30.0 Å². The van der Waals surface area contributed by atoms with Gasteiger partial charge in [-0.1, -0.05) is 17.7 Å².